The number of nitrogens with zero attached hydrogens (tertiary/aromatic N) is 2. The van der Waals surface area contributed by atoms with E-state index < -0.39 is 6.10 Å². The number of phenols is 1. The molecular formula is C17H19N3O2S. The summed E-state index contributed by atoms with van der Waals surface area (Å²) in [6, 6.07) is 6.33. The Morgan fingerprint density at radius 2 is 1.83 bits per heavy atom. The van der Waals surface area contributed by atoms with Gasteiger partial charge in [-0.3, -0.25) is 0 Å². The summed E-state index contributed by atoms with van der Waals surface area (Å²) in [5.41, 5.74) is 1.91. The average molecular weight is 329 g/mol. The second-order valence-electron chi connectivity index (χ2n) is 5.66. The average Bonchev–Trinajstić information content (AvgIpc) is 2.83. The van der Waals surface area contributed by atoms with Crippen LogP contribution in [0.4, 0.5) is 5.82 Å². The van der Waals surface area contributed by atoms with Crippen molar-refractivity contribution < 1.29 is 10.2 Å². The van der Waals surface area contributed by atoms with Crippen LogP contribution in [0.2, 0.25) is 0 Å². The fourth-order valence-electron chi connectivity index (χ4n) is 2.55. The van der Waals surface area contributed by atoms with Crippen molar-refractivity contribution in [3.8, 4) is 5.75 Å². The van der Waals surface area contributed by atoms with Crippen LogP contribution in [0.1, 0.15) is 29.0 Å². The minimum atomic E-state index is -0.708. The van der Waals surface area contributed by atoms with Gasteiger partial charge in [-0.25, -0.2) is 9.97 Å². The Hall–Kier alpha value is -2.18. The number of aromatic hydroxyl groups is 1. The first-order valence-electron chi connectivity index (χ1n) is 7.41. The molecule has 2 heterocycles. The van der Waals surface area contributed by atoms with Gasteiger partial charge in [0.25, 0.3) is 0 Å². The van der Waals surface area contributed by atoms with Crippen LogP contribution in [-0.4, -0.2) is 26.2 Å². The van der Waals surface area contributed by atoms with Gasteiger partial charge in [0.2, 0.25) is 0 Å². The van der Waals surface area contributed by atoms with Crippen molar-refractivity contribution in [1.29, 1.82) is 0 Å². The van der Waals surface area contributed by atoms with E-state index in [2.05, 4.69) is 29.1 Å². The minimum Gasteiger partial charge on any atom is -0.508 e. The SMILES string of the molecule is Cc1sc2ncnc(N[C@@H](C)[C@H](O)c3ccc(O)cc3)c2c1C. The van der Waals surface area contributed by atoms with Gasteiger partial charge >= 0.3 is 0 Å². The van der Waals surface area contributed by atoms with Crippen LogP contribution in [0.15, 0.2) is 30.6 Å². The highest BCUT2D eigenvalue weighted by Crippen LogP contribution is 2.33. The highest BCUT2D eigenvalue weighted by molar-refractivity contribution is 7.18. The molecule has 120 valence electrons. The summed E-state index contributed by atoms with van der Waals surface area (Å²) in [5, 5.41) is 24.2. The van der Waals surface area contributed by atoms with Crippen LogP contribution in [0.3, 0.4) is 0 Å². The van der Waals surface area contributed by atoms with Gasteiger partial charge in [0, 0.05) is 4.88 Å². The monoisotopic (exact) mass is 329 g/mol. The summed E-state index contributed by atoms with van der Waals surface area (Å²) in [4.78, 5) is 10.8. The molecule has 3 rings (SSSR count). The molecule has 0 aliphatic rings. The third kappa shape index (κ3) is 3.00. The molecule has 0 bridgehead atoms. The summed E-state index contributed by atoms with van der Waals surface area (Å²) in [5.74, 6) is 0.922. The van der Waals surface area contributed by atoms with E-state index in [0.717, 1.165) is 21.6 Å². The molecule has 0 saturated carbocycles. The highest BCUT2D eigenvalue weighted by atomic mass is 32.1. The van der Waals surface area contributed by atoms with Gasteiger partial charge in [0.1, 0.15) is 22.7 Å². The van der Waals surface area contributed by atoms with Crippen LogP contribution < -0.4 is 5.32 Å². The van der Waals surface area contributed by atoms with E-state index in [1.54, 1.807) is 41.9 Å². The quantitative estimate of drug-likeness (QED) is 0.682. The first kappa shape index (κ1) is 15.7. The summed E-state index contributed by atoms with van der Waals surface area (Å²) in [6.07, 6.45) is 0.834. The van der Waals surface area contributed by atoms with E-state index >= 15 is 0 Å². The highest BCUT2D eigenvalue weighted by Gasteiger charge is 2.19. The molecule has 23 heavy (non-hydrogen) atoms. The molecule has 0 unspecified atom stereocenters. The number of anilines is 1. The Morgan fingerprint density at radius 3 is 2.52 bits per heavy atom. The predicted octanol–water partition coefficient (Wildman–Crippen LogP) is 3.55. The summed E-state index contributed by atoms with van der Waals surface area (Å²) in [7, 11) is 0. The van der Waals surface area contributed by atoms with E-state index in [1.807, 2.05) is 6.92 Å². The van der Waals surface area contributed by atoms with Gasteiger partial charge in [-0.2, -0.15) is 0 Å². The van der Waals surface area contributed by atoms with E-state index in [9.17, 15) is 10.2 Å². The molecule has 2 aromatic heterocycles. The number of aromatic nitrogens is 2. The second-order valence-corrected chi connectivity index (χ2v) is 6.86. The molecule has 5 nitrogen and oxygen atoms in total. The number of fused-ring (bicyclic) bond motifs is 1. The molecule has 1 aromatic carbocycles. The Bertz CT molecular complexity index is 830. The lowest BCUT2D eigenvalue weighted by molar-refractivity contribution is 0.160. The third-order valence-corrected chi connectivity index (χ3v) is 5.15. The van der Waals surface area contributed by atoms with Gasteiger partial charge in [0.05, 0.1) is 17.5 Å². The van der Waals surface area contributed by atoms with Gasteiger partial charge < -0.3 is 15.5 Å². The Kier molecular flexibility index (Phi) is 4.19. The summed E-state index contributed by atoms with van der Waals surface area (Å²) >= 11 is 1.64. The van der Waals surface area contributed by atoms with Gasteiger partial charge in [-0.1, -0.05) is 12.1 Å². The number of aryl methyl sites for hydroxylation is 2. The molecule has 0 spiro atoms. The lowest BCUT2D eigenvalue weighted by atomic mass is 10.0. The standard InChI is InChI=1S/C17H19N3O2S/c1-9-11(3)23-17-14(9)16(18-8-19-17)20-10(2)15(22)12-4-6-13(21)7-5-12/h4-8,10,15,21-22H,1-3H3,(H,18,19,20)/t10-,15-/m0/s1. The van der Waals surface area contributed by atoms with Crippen LogP contribution in [0, 0.1) is 13.8 Å². The van der Waals surface area contributed by atoms with Gasteiger partial charge in [0.15, 0.2) is 0 Å². The lowest BCUT2D eigenvalue weighted by Gasteiger charge is -2.21. The van der Waals surface area contributed by atoms with Crippen molar-refractivity contribution >= 4 is 27.4 Å². The maximum Gasteiger partial charge on any atom is 0.138 e. The van der Waals surface area contributed by atoms with E-state index in [0.29, 0.717) is 0 Å². The fourth-order valence-corrected chi connectivity index (χ4v) is 3.54. The molecule has 0 amide bonds. The lowest BCUT2D eigenvalue weighted by Crippen LogP contribution is -2.24. The van der Waals surface area contributed by atoms with Crippen LogP contribution in [0.5, 0.6) is 5.75 Å². The number of aliphatic hydroxyl groups excluding tert-OH is 1. The summed E-state index contributed by atoms with van der Waals surface area (Å²) < 4.78 is 0. The van der Waals surface area contributed by atoms with Gasteiger partial charge in [-0.05, 0) is 44.0 Å². The number of rotatable bonds is 4. The first-order chi connectivity index (χ1) is 11.0. The van der Waals surface area contributed by atoms with Crippen LogP contribution >= 0.6 is 11.3 Å². The van der Waals surface area contributed by atoms with Gasteiger partial charge in [-0.15, -0.1) is 11.3 Å². The Balaban J connectivity index is 1.88. The number of thiophene rings is 1. The van der Waals surface area contributed by atoms with Crippen LogP contribution in [-0.2, 0) is 0 Å². The zero-order chi connectivity index (χ0) is 16.6. The summed E-state index contributed by atoms with van der Waals surface area (Å²) in [6.45, 7) is 6.03. The number of benzene rings is 1. The second kappa shape index (κ2) is 6.14. The maximum absolute atomic E-state index is 10.5. The molecule has 0 saturated heterocycles. The fraction of sp³-hybridized carbons (Fsp3) is 0.294. The van der Waals surface area contributed by atoms with Crippen LogP contribution in [0.25, 0.3) is 10.2 Å². The Morgan fingerprint density at radius 1 is 1.13 bits per heavy atom. The molecule has 0 aliphatic carbocycles. The number of aliphatic hydroxyl groups is 1. The molecule has 2 atom stereocenters. The maximum atomic E-state index is 10.5. The van der Waals surface area contributed by atoms with Crippen molar-refractivity contribution in [2.75, 3.05) is 5.32 Å². The molecule has 3 N–H and O–H groups in total. The van der Waals surface area contributed by atoms with E-state index in [4.69, 9.17) is 0 Å². The van der Waals surface area contributed by atoms with E-state index in [1.165, 1.54) is 10.4 Å². The van der Waals surface area contributed by atoms with Crippen molar-refractivity contribution in [3.05, 3.63) is 46.6 Å². The molecule has 0 fully saturated rings. The normalized spacial score (nSPS) is 13.9. The number of hydrogen-bond acceptors (Lipinski definition) is 6. The third-order valence-electron chi connectivity index (χ3n) is 4.04. The van der Waals surface area contributed by atoms with Crippen molar-refractivity contribution in [1.82, 2.24) is 9.97 Å². The zero-order valence-corrected chi connectivity index (χ0v) is 14.1. The molecule has 0 radical (unpaired) electrons. The molecular weight excluding hydrogens is 310 g/mol. The molecule has 3 aromatic rings. The Labute approximate surface area is 138 Å². The number of nitrogens with one attached hydrogen (secondary N) is 1. The minimum absolute atomic E-state index is 0.184. The van der Waals surface area contributed by atoms with E-state index in [-0.39, 0.29) is 11.8 Å². The van der Waals surface area contributed by atoms with Crippen molar-refractivity contribution in [2.45, 2.75) is 32.9 Å². The van der Waals surface area contributed by atoms with Crippen molar-refractivity contribution in [3.63, 3.8) is 0 Å². The largest absolute Gasteiger partial charge is 0.508 e. The topological polar surface area (TPSA) is 78.3 Å². The van der Waals surface area contributed by atoms with Crippen molar-refractivity contribution in [2.24, 2.45) is 0 Å². The number of hydrogen-bond donors (Lipinski definition) is 3. The smallest absolute Gasteiger partial charge is 0.138 e. The molecule has 0 aliphatic heterocycles. The first-order valence-corrected chi connectivity index (χ1v) is 8.23. The zero-order valence-electron chi connectivity index (χ0n) is 13.2. The number of phenolic OH excluding ortho intramolecular Hbond substituents is 1. The predicted molar refractivity (Wildman–Crippen MR) is 93.0 cm³/mol. The molecule has 6 heteroatoms.